The Morgan fingerprint density at radius 2 is 1.68 bits per heavy atom. The molecular formula is C23H28N2O3. The van der Waals surface area contributed by atoms with Gasteiger partial charge < -0.3 is 9.64 Å². The smallest absolute Gasteiger partial charge is 0.312 e. The molecule has 1 amide bonds. The van der Waals surface area contributed by atoms with E-state index in [1.54, 1.807) is 4.90 Å². The molecule has 148 valence electrons. The van der Waals surface area contributed by atoms with Gasteiger partial charge in [-0.1, -0.05) is 17.7 Å². The summed E-state index contributed by atoms with van der Waals surface area (Å²) in [6, 6.07) is 9.69. The van der Waals surface area contributed by atoms with Crippen LogP contribution in [0.25, 0.3) is 0 Å². The minimum atomic E-state index is -0.351. The average molecular weight is 380 g/mol. The summed E-state index contributed by atoms with van der Waals surface area (Å²) in [4.78, 5) is 27.3. The summed E-state index contributed by atoms with van der Waals surface area (Å²) < 4.78 is 5.58. The standard InChI is InChI=1S/C23H28N2O3/c1-16-3-5-20(6-4-16)25(8-2-7-24)21(26)15-28-22(27)23-12-17-9-18(13-23)11-19(10-17)14-23/h3-6,17-19H,2,8-15H2,1H3. The van der Waals surface area contributed by atoms with E-state index in [0.717, 1.165) is 30.5 Å². The highest BCUT2D eigenvalue weighted by Gasteiger charge is 2.55. The van der Waals surface area contributed by atoms with Crippen LogP contribution < -0.4 is 4.90 Å². The van der Waals surface area contributed by atoms with E-state index in [9.17, 15) is 9.59 Å². The van der Waals surface area contributed by atoms with Crippen molar-refractivity contribution in [3.8, 4) is 6.07 Å². The van der Waals surface area contributed by atoms with Gasteiger partial charge in [-0.25, -0.2) is 0 Å². The van der Waals surface area contributed by atoms with Gasteiger partial charge >= 0.3 is 5.97 Å². The number of amides is 1. The fourth-order valence-corrected chi connectivity index (χ4v) is 6.00. The highest BCUT2D eigenvalue weighted by molar-refractivity contribution is 5.95. The molecule has 5 rings (SSSR count). The third kappa shape index (κ3) is 3.65. The van der Waals surface area contributed by atoms with E-state index in [1.165, 1.54) is 19.3 Å². The minimum Gasteiger partial charge on any atom is -0.455 e. The summed E-state index contributed by atoms with van der Waals surface area (Å²) in [5, 5.41) is 8.93. The maximum atomic E-state index is 13.0. The lowest BCUT2D eigenvalue weighted by atomic mass is 9.49. The van der Waals surface area contributed by atoms with Crippen LogP contribution >= 0.6 is 0 Å². The van der Waals surface area contributed by atoms with Gasteiger partial charge in [-0.3, -0.25) is 9.59 Å². The number of anilines is 1. The lowest BCUT2D eigenvalue weighted by Gasteiger charge is -2.55. The van der Waals surface area contributed by atoms with Crippen molar-refractivity contribution in [3.05, 3.63) is 29.8 Å². The number of benzene rings is 1. The topological polar surface area (TPSA) is 70.4 Å². The highest BCUT2D eigenvalue weighted by atomic mass is 16.5. The van der Waals surface area contributed by atoms with Gasteiger partial charge in [0.25, 0.3) is 5.91 Å². The molecule has 4 saturated carbocycles. The zero-order chi connectivity index (χ0) is 19.7. The Balaban J connectivity index is 1.41. The Hall–Kier alpha value is -2.35. The van der Waals surface area contributed by atoms with E-state index < -0.39 is 0 Å². The van der Waals surface area contributed by atoms with Crippen molar-refractivity contribution < 1.29 is 14.3 Å². The number of esters is 1. The monoisotopic (exact) mass is 380 g/mol. The van der Waals surface area contributed by atoms with Crippen molar-refractivity contribution in [2.24, 2.45) is 23.2 Å². The lowest BCUT2D eigenvalue weighted by Crippen LogP contribution is -2.51. The molecule has 0 aliphatic heterocycles. The lowest BCUT2D eigenvalue weighted by molar-refractivity contribution is -0.172. The van der Waals surface area contributed by atoms with Gasteiger partial charge in [-0.05, 0) is 75.3 Å². The summed E-state index contributed by atoms with van der Waals surface area (Å²) >= 11 is 0. The summed E-state index contributed by atoms with van der Waals surface area (Å²) in [5.74, 6) is 1.54. The first-order valence-electron chi connectivity index (χ1n) is 10.4. The van der Waals surface area contributed by atoms with E-state index in [4.69, 9.17) is 10.00 Å². The molecule has 0 spiro atoms. The van der Waals surface area contributed by atoms with Crippen LogP contribution in [-0.2, 0) is 14.3 Å². The Morgan fingerprint density at radius 3 is 2.21 bits per heavy atom. The molecule has 0 saturated heterocycles. The van der Waals surface area contributed by atoms with Gasteiger partial charge in [0.15, 0.2) is 6.61 Å². The van der Waals surface area contributed by atoms with Crippen molar-refractivity contribution in [1.29, 1.82) is 5.26 Å². The summed E-state index contributed by atoms with van der Waals surface area (Å²) in [5.41, 5.74) is 1.48. The van der Waals surface area contributed by atoms with E-state index in [2.05, 4.69) is 6.07 Å². The Labute approximate surface area is 166 Å². The summed E-state index contributed by atoms with van der Waals surface area (Å²) in [6.07, 6.45) is 6.83. The third-order valence-corrected chi connectivity index (χ3v) is 6.89. The Bertz CT molecular complexity index is 758. The third-order valence-electron chi connectivity index (χ3n) is 6.89. The molecule has 0 aromatic heterocycles. The predicted molar refractivity (Wildman–Crippen MR) is 105 cm³/mol. The molecule has 1 aromatic rings. The zero-order valence-corrected chi connectivity index (χ0v) is 16.5. The van der Waals surface area contributed by atoms with Gasteiger partial charge in [-0.2, -0.15) is 5.26 Å². The van der Waals surface area contributed by atoms with E-state index in [-0.39, 0.29) is 30.3 Å². The molecule has 0 N–H and O–H groups in total. The van der Waals surface area contributed by atoms with Crippen LogP contribution in [0.4, 0.5) is 5.69 Å². The second kappa shape index (κ2) is 7.58. The first kappa shape index (κ1) is 19.0. The molecule has 28 heavy (non-hydrogen) atoms. The van der Waals surface area contributed by atoms with Crippen molar-refractivity contribution >= 4 is 17.6 Å². The molecule has 5 heteroatoms. The molecule has 4 bridgehead atoms. The predicted octanol–water partition coefficient (Wildman–Crippen LogP) is 4.00. The molecule has 0 heterocycles. The van der Waals surface area contributed by atoms with Crippen molar-refractivity contribution in [3.63, 3.8) is 0 Å². The Morgan fingerprint density at radius 1 is 1.11 bits per heavy atom. The molecule has 4 fully saturated rings. The second-order valence-corrected chi connectivity index (χ2v) is 9.06. The zero-order valence-electron chi connectivity index (χ0n) is 16.5. The molecule has 0 unspecified atom stereocenters. The highest BCUT2D eigenvalue weighted by Crippen LogP contribution is 2.60. The molecule has 0 radical (unpaired) electrons. The molecule has 4 aliphatic rings. The number of carbonyl (C=O) groups is 2. The maximum Gasteiger partial charge on any atom is 0.312 e. The van der Waals surface area contributed by atoms with Crippen LogP contribution in [0.1, 0.15) is 50.5 Å². The summed E-state index contributed by atoms with van der Waals surface area (Å²) in [7, 11) is 0. The second-order valence-electron chi connectivity index (χ2n) is 9.06. The first-order valence-corrected chi connectivity index (χ1v) is 10.4. The first-order chi connectivity index (χ1) is 13.5. The van der Waals surface area contributed by atoms with Crippen molar-refractivity contribution in [1.82, 2.24) is 0 Å². The van der Waals surface area contributed by atoms with Crippen molar-refractivity contribution in [2.75, 3.05) is 18.1 Å². The SMILES string of the molecule is Cc1ccc(N(CCC#N)C(=O)COC(=O)C23CC4CC(CC(C4)C2)C3)cc1. The fraction of sp³-hybridized carbons (Fsp3) is 0.609. The normalized spacial score (nSPS) is 29.9. The number of aryl methyl sites for hydroxylation is 1. The van der Waals surface area contributed by atoms with Crippen LogP contribution in [0.5, 0.6) is 0 Å². The maximum absolute atomic E-state index is 13.0. The van der Waals surface area contributed by atoms with Crippen LogP contribution in [0.3, 0.4) is 0 Å². The van der Waals surface area contributed by atoms with E-state index in [0.29, 0.717) is 24.3 Å². The molecule has 0 atom stereocenters. The number of hydrogen-bond acceptors (Lipinski definition) is 4. The Kier molecular flexibility index (Phi) is 5.14. The molecule has 1 aromatic carbocycles. The number of hydrogen-bond donors (Lipinski definition) is 0. The number of nitriles is 1. The fourth-order valence-electron chi connectivity index (χ4n) is 6.00. The van der Waals surface area contributed by atoms with Crippen LogP contribution in [-0.4, -0.2) is 25.0 Å². The van der Waals surface area contributed by atoms with Crippen molar-refractivity contribution in [2.45, 2.75) is 51.9 Å². The van der Waals surface area contributed by atoms with Gasteiger partial charge in [0, 0.05) is 12.2 Å². The number of carbonyl (C=O) groups excluding carboxylic acids is 2. The molecule has 5 nitrogen and oxygen atoms in total. The van der Waals surface area contributed by atoms with Gasteiger partial charge in [0.1, 0.15) is 0 Å². The van der Waals surface area contributed by atoms with Gasteiger partial charge in [-0.15, -0.1) is 0 Å². The van der Waals surface area contributed by atoms with E-state index in [1.807, 2.05) is 31.2 Å². The summed E-state index contributed by atoms with van der Waals surface area (Å²) in [6.45, 7) is 2.03. The quantitative estimate of drug-likeness (QED) is 0.700. The number of ether oxygens (including phenoxy) is 1. The number of nitrogens with zero attached hydrogens (tertiary/aromatic N) is 2. The van der Waals surface area contributed by atoms with E-state index >= 15 is 0 Å². The minimum absolute atomic E-state index is 0.177. The molecule has 4 aliphatic carbocycles. The molecular weight excluding hydrogens is 352 g/mol. The number of rotatable bonds is 6. The van der Waals surface area contributed by atoms with Gasteiger partial charge in [0.2, 0.25) is 0 Å². The average Bonchev–Trinajstić information content (AvgIpc) is 2.66. The largest absolute Gasteiger partial charge is 0.455 e. The van der Waals surface area contributed by atoms with Crippen LogP contribution in [0.2, 0.25) is 0 Å². The van der Waals surface area contributed by atoms with Crippen LogP contribution in [0.15, 0.2) is 24.3 Å². The van der Waals surface area contributed by atoms with Gasteiger partial charge in [0.05, 0.1) is 17.9 Å². The van der Waals surface area contributed by atoms with Crippen LogP contribution in [0, 0.1) is 41.4 Å².